The molecule has 6 rings (SSSR count). The number of H-pyrrole nitrogens is 1. The Hall–Kier alpha value is -2.17. The van der Waals surface area contributed by atoms with Crippen molar-refractivity contribution in [1.29, 1.82) is 0 Å². The number of carbonyl (C=O) groups excluding carboxylic acids is 2. The predicted molar refractivity (Wildman–Crippen MR) is 139 cm³/mol. The lowest BCUT2D eigenvalue weighted by Crippen LogP contribution is -2.47. The number of likely N-dealkylation sites (tertiary alicyclic amines) is 1. The van der Waals surface area contributed by atoms with Crippen molar-refractivity contribution in [3.05, 3.63) is 38.7 Å². The molecule has 1 aromatic carbocycles. The average molecular weight is 545 g/mol. The van der Waals surface area contributed by atoms with Crippen LogP contribution in [-0.4, -0.2) is 51.2 Å². The number of thioether (sulfide) groups is 1. The molecule has 3 heterocycles. The molecule has 2 aromatic rings. The van der Waals surface area contributed by atoms with Gasteiger partial charge in [-0.05, 0) is 66.4 Å². The highest BCUT2D eigenvalue weighted by Gasteiger charge is 2.70. The first-order chi connectivity index (χ1) is 17.2. The quantitative estimate of drug-likeness (QED) is 0.399. The highest BCUT2D eigenvalue weighted by atomic mass is 32.2. The third kappa shape index (κ3) is 3.44. The molecule has 2 aliphatic heterocycles. The van der Waals surface area contributed by atoms with Gasteiger partial charge in [-0.15, -0.1) is 23.1 Å². The van der Waals surface area contributed by atoms with Crippen LogP contribution in [0.25, 0.3) is 0 Å². The summed E-state index contributed by atoms with van der Waals surface area (Å²) in [5, 5.41) is 11.1. The summed E-state index contributed by atoms with van der Waals surface area (Å²) in [5.41, 5.74) is 1.15. The lowest BCUT2D eigenvalue weighted by molar-refractivity contribution is -0.156. The number of aromatic amines is 1. The maximum atomic E-state index is 13.8. The number of hydrogen-bond donors (Lipinski definition) is 2. The van der Waals surface area contributed by atoms with Crippen LogP contribution in [0.3, 0.4) is 0 Å². The Morgan fingerprint density at radius 2 is 1.86 bits per heavy atom. The van der Waals surface area contributed by atoms with Crippen molar-refractivity contribution in [3.63, 3.8) is 0 Å². The molecule has 36 heavy (non-hydrogen) atoms. The van der Waals surface area contributed by atoms with E-state index in [1.165, 1.54) is 4.88 Å². The van der Waals surface area contributed by atoms with E-state index in [0.717, 1.165) is 31.6 Å². The largest absolute Gasteiger partial charge is 0.497 e. The molecular weight excluding hydrogens is 516 g/mol. The van der Waals surface area contributed by atoms with Gasteiger partial charge in [-0.3, -0.25) is 14.5 Å². The van der Waals surface area contributed by atoms with E-state index in [9.17, 15) is 19.5 Å². The fourth-order valence-electron chi connectivity index (χ4n) is 7.29. The fourth-order valence-corrected chi connectivity index (χ4v) is 10.6. The van der Waals surface area contributed by atoms with E-state index in [1.807, 2.05) is 26.0 Å². The van der Waals surface area contributed by atoms with Gasteiger partial charge in [-0.1, -0.05) is 26.0 Å². The van der Waals surface area contributed by atoms with Crippen LogP contribution in [0.4, 0.5) is 0 Å². The number of carboxylic acid groups (broad SMARTS) is 1. The van der Waals surface area contributed by atoms with E-state index in [4.69, 9.17) is 17.0 Å². The topological polar surface area (TPSA) is 99.7 Å². The Kier molecular flexibility index (Phi) is 5.84. The third-order valence-electron chi connectivity index (χ3n) is 8.52. The number of amides is 2. The maximum absolute atomic E-state index is 13.8. The molecule has 4 aliphatic rings. The minimum absolute atomic E-state index is 0.0309. The van der Waals surface area contributed by atoms with Crippen molar-refractivity contribution in [2.75, 3.05) is 7.11 Å². The fraction of sp³-hybridized carbons (Fsp3) is 0.538. The summed E-state index contributed by atoms with van der Waals surface area (Å²) in [4.78, 5) is 45.2. The molecule has 10 heteroatoms. The molecule has 8 atom stereocenters. The van der Waals surface area contributed by atoms with Crippen molar-refractivity contribution >= 4 is 53.1 Å². The van der Waals surface area contributed by atoms with Crippen LogP contribution in [0.15, 0.2) is 29.3 Å². The first kappa shape index (κ1) is 24.2. The van der Waals surface area contributed by atoms with Crippen molar-refractivity contribution in [3.8, 4) is 5.75 Å². The van der Waals surface area contributed by atoms with Crippen LogP contribution in [-0.2, 0) is 14.4 Å². The van der Waals surface area contributed by atoms with E-state index in [1.54, 1.807) is 30.2 Å². The summed E-state index contributed by atoms with van der Waals surface area (Å²) in [6, 6.07) is 7.00. The van der Waals surface area contributed by atoms with Crippen molar-refractivity contribution in [1.82, 2.24) is 9.88 Å². The normalized spacial score (nSPS) is 33.0. The molecule has 2 aliphatic carbocycles. The molecule has 0 spiro atoms. The number of carbonyl (C=O) groups is 3. The van der Waals surface area contributed by atoms with Crippen LogP contribution >= 0.6 is 35.3 Å². The number of hydrogen-bond acceptors (Lipinski definition) is 7. The number of thiazole rings is 1. The first-order valence-corrected chi connectivity index (χ1v) is 14.4. The summed E-state index contributed by atoms with van der Waals surface area (Å²) in [7, 11) is 1.65. The molecule has 1 aromatic heterocycles. The number of carboxylic acids is 1. The Balaban J connectivity index is 1.41. The second-order valence-corrected chi connectivity index (χ2v) is 13.7. The van der Waals surface area contributed by atoms with Crippen LogP contribution in [0.1, 0.15) is 43.0 Å². The van der Waals surface area contributed by atoms with Gasteiger partial charge in [0.05, 0.1) is 24.0 Å². The van der Waals surface area contributed by atoms with Crippen molar-refractivity contribution in [2.45, 2.75) is 48.9 Å². The zero-order valence-electron chi connectivity index (χ0n) is 20.2. The van der Waals surface area contributed by atoms with Crippen LogP contribution in [0.2, 0.25) is 0 Å². The van der Waals surface area contributed by atoms with E-state index in [0.29, 0.717) is 0 Å². The van der Waals surface area contributed by atoms with E-state index >= 15 is 0 Å². The van der Waals surface area contributed by atoms with Gasteiger partial charge in [0.1, 0.15) is 11.8 Å². The molecule has 2 bridgehead atoms. The van der Waals surface area contributed by atoms with Crippen LogP contribution < -0.4 is 4.74 Å². The van der Waals surface area contributed by atoms with Gasteiger partial charge in [0.15, 0.2) is 3.95 Å². The molecule has 8 unspecified atom stereocenters. The molecule has 3 fully saturated rings. The Morgan fingerprint density at radius 1 is 1.19 bits per heavy atom. The smallest absolute Gasteiger partial charge is 0.326 e. The lowest BCUT2D eigenvalue weighted by Gasteiger charge is -2.43. The molecule has 1 saturated heterocycles. The summed E-state index contributed by atoms with van der Waals surface area (Å²) < 4.78 is 6.10. The van der Waals surface area contributed by atoms with Crippen LogP contribution in [0.5, 0.6) is 5.75 Å². The molecule has 0 radical (unpaired) electrons. The van der Waals surface area contributed by atoms with Crippen molar-refractivity contribution < 1.29 is 24.2 Å². The Morgan fingerprint density at radius 3 is 2.47 bits per heavy atom. The maximum Gasteiger partial charge on any atom is 0.326 e. The molecular formula is C26H28N2O5S3. The molecule has 2 amide bonds. The SMILES string of the molecule is COc1ccc(C2c3sc(=S)[nH]c3SC3C4CC(C5C(=O)N(C(CC(C)C)C(=O)O)C(=O)C45)C23)cc1. The van der Waals surface area contributed by atoms with E-state index in [2.05, 4.69) is 17.1 Å². The second kappa shape index (κ2) is 8.70. The molecule has 2 N–H and O–H groups in total. The van der Waals surface area contributed by atoms with Gasteiger partial charge in [-0.25, -0.2) is 4.79 Å². The second-order valence-electron chi connectivity index (χ2n) is 10.8. The summed E-state index contributed by atoms with van der Waals surface area (Å²) in [6.45, 7) is 3.83. The predicted octanol–water partition coefficient (Wildman–Crippen LogP) is 4.79. The Labute approximate surface area is 222 Å². The molecule has 7 nitrogen and oxygen atoms in total. The van der Waals surface area contributed by atoms with E-state index in [-0.39, 0.29) is 53.1 Å². The van der Waals surface area contributed by atoms with Crippen molar-refractivity contribution in [2.24, 2.45) is 35.5 Å². The number of ether oxygens (including phenoxy) is 1. The van der Waals surface area contributed by atoms with Gasteiger partial charge in [0.25, 0.3) is 0 Å². The third-order valence-corrected chi connectivity index (χ3v) is 11.5. The number of imide groups is 1. The minimum Gasteiger partial charge on any atom is -0.497 e. The highest BCUT2D eigenvalue weighted by molar-refractivity contribution is 8.00. The van der Waals surface area contributed by atoms with Gasteiger partial charge in [0.2, 0.25) is 11.8 Å². The number of aliphatic carboxylic acids is 1. The van der Waals surface area contributed by atoms with Gasteiger partial charge >= 0.3 is 5.97 Å². The summed E-state index contributed by atoms with van der Waals surface area (Å²) in [6.07, 6.45) is 1.10. The van der Waals surface area contributed by atoms with Gasteiger partial charge < -0.3 is 14.8 Å². The average Bonchev–Trinajstić information content (AvgIpc) is 3.56. The van der Waals surface area contributed by atoms with Gasteiger partial charge in [-0.2, -0.15) is 0 Å². The summed E-state index contributed by atoms with van der Waals surface area (Å²) in [5.74, 6) is -1.38. The number of nitrogens with one attached hydrogen (secondary N) is 1. The van der Waals surface area contributed by atoms with E-state index < -0.39 is 23.8 Å². The standard InChI is InChI=1S/C26H28N2O5S3/c1-10(2)8-15(25(31)32)28-23(29)18-13-9-14(19(18)24(28)30)20-17(13)16(11-4-6-12(33-3)7-5-11)21-22(35-20)27-26(34)36-21/h4-7,10,13-20H,8-9H2,1-3H3,(H,27,34)(H,31,32). The zero-order chi connectivity index (χ0) is 25.5. The number of rotatable bonds is 6. The monoisotopic (exact) mass is 544 g/mol. The molecule has 2 saturated carbocycles. The molecule has 190 valence electrons. The summed E-state index contributed by atoms with van der Waals surface area (Å²) >= 11 is 8.86. The number of benzene rings is 1. The zero-order valence-corrected chi connectivity index (χ0v) is 22.6. The lowest BCUT2D eigenvalue weighted by atomic mass is 9.68. The number of nitrogens with zero attached hydrogens (tertiary/aromatic N) is 1. The highest BCUT2D eigenvalue weighted by Crippen LogP contribution is 2.69. The number of fused-ring (bicyclic) bond motifs is 9. The van der Waals surface area contributed by atoms with Crippen LogP contribution in [0, 0.1) is 39.5 Å². The first-order valence-electron chi connectivity index (χ1n) is 12.3. The number of methoxy groups -OCH3 is 1. The minimum atomic E-state index is -1.10. The Bertz CT molecular complexity index is 1300. The number of aromatic nitrogens is 1. The van der Waals surface area contributed by atoms with Gasteiger partial charge in [0, 0.05) is 16.0 Å².